The Morgan fingerprint density at radius 1 is 1.20 bits per heavy atom. The predicted molar refractivity (Wildman–Crippen MR) is 77.6 cm³/mol. The molecular weight excluding hydrogens is 250 g/mol. The molecule has 0 aliphatic carbocycles. The van der Waals surface area contributed by atoms with Gasteiger partial charge in [0.15, 0.2) is 5.82 Å². The lowest BCUT2D eigenvalue weighted by Crippen LogP contribution is -2.41. The molecule has 0 saturated carbocycles. The zero-order valence-corrected chi connectivity index (χ0v) is 11.9. The van der Waals surface area contributed by atoms with Gasteiger partial charge >= 0.3 is 0 Å². The number of rotatable bonds is 4. The summed E-state index contributed by atoms with van der Waals surface area (Å²) < 4.78 is 5.63. The van der Waals surface area contributed by atoms with Crippen LogP contribution in [0.1, 0.15) is 43.5 Å². The van der Waals surface area contributed by atoms with E-state index in [0.717, 1.165) is 50.5 Å². The van der Waals surface area contributed by atoms with Crippen LogP contribution in [-0.4, -0.2) is 23.2 Å². The van der Waals surface area contributed by atoms with Crippen molar-refractivity contribution in [2.45, 2.75) is 38.0 Å². The van der Waals surface area contributed by atoms with Gasteiger partial charge in [0.1, 0.15) is 0 Å². The van der Waals surface area contributed by atoms with Gasteiger partial charge in [-0.2, -0.15) is 4.98 Å². The van der Waals surface area contributed by atoms with Crippen LogP contribution in [0, 0.1) is 0 Å². The molecule has 1 saturated heterocycles. The predicted octanol–water partition coefficient (Wildman–Crippen LogP) is 2.69. The smallest absolute Gasteiger partial charge is 0.237 e. The minimum absolute atomic E-state index is 0.120. The van der Waals surface area contributed by atoms with Gasteiger partial charge in [-0.3, -0.25) is 0 Å². The van der Waals surface area contributed by atoms with E-state index in [2.05, 4.69) is 52.7 Å². The average Bonchev–Trinajstić information content (AvgIpc) is 2.98. The summed E-state index contributed by atoms with van der Waals surface area (Å²) in [5, 5.41) is 7.57. The fraction of sp³-hybridized carbons (Fsp3) is 0.500. The summed E-state index contributed by atoms with van der Waals surface area (Å²) in [6, 6.07) is 10.6. The van der Waals surface area contributed by atoms with Crippen molar-refractivity contribution in [1.29, 1.82) is 0 Å². The van der Waals surface area contributed by atoms with Crippen molar-refractivity contribution in [3.63, 3.8) is 0 Å². The van der Waals surface area contributed by atoms with Crippen LogP contribution in [0.15, 0.2) is 34.9 Å². The highest BCUT2D eigenvalue weighted by molar-refractivity contribution is 5.32. The monoisotopic (exact) mass is 271 g/mol. The number of aromatic nitrogens is 2. The van der Waals surface area contributed by atoms with Crippen molar-refractivity contribution in [2.24, 2.45) is 0 Å². The zero-order valence-electron chi connectivity index (χ0n) is 11.9. The molecule has 0 spiro atoms. The maximum Gasteiger partial charge on any atom is 0.237 e. The first kappa shape index (κ1) is 13.3. The molecule has 106 valence electrons. The topological polar surface area (TPSA) is 51.0 Å². The van der Waals surface area contributed by atoms with E-state index in [1.165, 1.54) is 5.56 Å². The third-order valence-electron chi connectivity index (χ3n) is 4.13. The maximum absolute atomic E-state index is 5.63. The Morgan fingerprint density at radius 3 is 2.65 bits per heavy atom. The van der Waals surface area contributed by atoms with Gasteiger partial charge in [0, 0.05) is 6.42 Å². The first-order valence-corrected chi connectivity index (χ1v) is 7.44. The third-order valence-corrected chi connectivity index (χ3v) is 4.13. The molecule has 20 heavy (non-hydrogen) atoms. The molecule has 1 aromatic carbocycles. The van der Waals surface area contributed by atoms with Crippen LogP contribution in [0.5, 0.6) is 0 Å². The Kier molecular flexibility index (Phi) is 3.83. The third kappa shape index (κ3) is 2.36. The summed E-state index contributed by atoms with van der Waals surface area (Å²) in [5.41, 5.74) is 1.17. The van der Waals surface area contributed by atoms with E-state index in [4.69, 9.17) is 4.52 Å². The first-order valence-electron chi connectivity index (χ1n) is 7.44. The quantitative estimate of drug-likeness (QED) is 0.929. The molecule has 0 bridgehead atoms. The van der Waals surface area contributed by atoms with Crippen molar-refractivity contribution >= 4 is 0 Å². The molecule has 0 atom stereocenters. The molecule has 3 rings (SSSR count). The van der Waals surface area contributed by atoms with Crippen LogP contribution in [0.4, 0.5) is 0 Å². The average molecular weight is 271 g/mol. The summed E-state index contributed by atoms with van der Waals surface area (Å²) in [6.07, 6.45) is 3.93. The molecule has 0 radical (unpaired) electrons. The largest absolute Gasteiger partial charge is 0.338 e. The van der Waals surface area contributed by atoms with Crippen molar-refractivity contribution in [2.75, 3.05) is 13.1 Å². The number of hydrogen-bond acceptors (Lipinski definition) is 4. The summed E-state index contributed by atoms with van der Waals surface area (Å²) in [6.45, 7) is 4.11. The van der Waals surface area contributed by atoms with E-state index in [1.54, 1.807) is 0 Å². The van der Waals surface area contributed by atoms with Crippen LogP contribution in [0.2, 0.25) is 0 Å². The summed E-state index contributed by atoms with van der Waals surface area (Å²) in [4.78, 5) is 4.67. The van der Waals surface area contributed by atoms with Gasteiger partial charge in [0.25, 0.3) is 0 Å². The van der Waals surface area contributed by atoms with Crippen LogP contribution < -0.4 is 5.32 Å². The number of nitrogens with zero attached hydrogens (tertiary/aromatic N) is 2. The minimum atomic E-state index is -0.120. The molecule has 1 aromatic heterocycles. The molecule has 1 aliphatic rings. The molecule has 1 aliphatic heterocycles. The van der Waals surface area contributed by atoms with Gasteiger partial charge in [-0.1, -0.05) is 42.4 Å². The second kappa shape index (κ2) is 5.75. The number of aryl methyl sites for hydroxylation is 1. The van der Waals surface area contributed by atoms with Crippen LogP contribution in [0.3, 0.4) is 0 Å². The number of benzene rings is 1. The second-order valence-corrected chi connectivity index (χ2v) is 5.46. The molecule has 2 aromatic rings. The van der Waals surface area contributed by atoms with Gasteiger partial charge in [-0.25, -0.2) is 0 Å². The lowest BCUT2D eigenvalue weighted by Gasteiger charge is -2.34. The second-order valence-electron chi connectivity index (χ2n) is 5.46. The van der Waals surface area contributed by atoms with Crippen molar-refractivity contribution in [1.82, 2.24) is 15.5 Å². The van der Waals surface area contributed by atoms with Crippen molar-refractivity contribution in [3.05, 3.63) is 47.6 Å². The van der Waals surface area contributed by atoms with Crippen molar-refractivity contribution < 1.29 is 4.52 Å². The van der Waals surface area contributed by atoms with E-state index < -0.39 is 0 Å². The molecule has 4 nitrogen and oxygen atoms in total. The summed E-state index contributed by atoms with van der Waals surface area (Å²) >= 11 is 0. The normalized spacial score (nSPS) is 18.1. The minimum Gasteiger partial charge on any atom is -0.338 e. The zero-order chi connectivity index (χ0) is 13.8. The van der Waals surface area contributed by atoms with Crippen molar-refractivity contribution in [3.8, 4) is 0 Å². The van der Waals surface area contributed by atoms with Gasteiger partial charge < -0.3 is 9.84 Å². The molecule has 0 amide bonds. The van der Waals surface area contributed by atoms with Gasteiger partial charge in [0.2, 0.25) is 5.89 Å². The highest BCUT2D eigenvalue weighted by atomic mass is 16.5. The number of hydrogen-bond donors (Lipinski definition) is 1. The highest BCUT2D eigenvalue weighted by Crippen LogP contribution is 2.39. The Morgan fingerprint density at radius 2 is 1.95 bits per heavy atom. The number of piperidine rings is 1. The lowest BCUT2D eigenvalue weighted by molar-refractivity contribution is 0.259. The Bertz CT molecular complexity index is 544. The van der Waals surface area contributed by atoms with E-state index in [1.807, 2.05) is 0 Å². The molecule has 2 heterocycles. The Balaban J connectivity index is 2.00. The van der Waals surface area contributed by atoms with Crippen LogP contribution in [0.25, 0.3) is 0 Å². The fourth-order valence-corrected chi connectivity index (χ4v) is 3.01. The maximum atomic E-state index is 5.63. The SMILES string of the molecule is CCCc1noc(C2(c3ccccc3)CCNCC2)n1. The molecule has 1 N–H and O–H groups in total. The van der Waals surface area contributed by atoms with Gasteiger partial charge in [-0.05, 0) is 37.9 Å². The van der Waals surface area contributed by atoms with E-state index in [-0.39, 0.29) is 5.41 Å². The number of nitrogens with one attached hydrogen (secondary N) is 1. The van der Waals surface area contributed by atoms with Gasteiger partial charge in [-0.15, -0.1) is 0 Å². The van der Waals surface area contributed by atoms with E-state index >= 15 is 0 Å². The van der Waals surface area contributed by atoms with Crippen LogP contribution >= 0.6 is 0 Å². The summed E-state index contributed by atoms with van der Waals surface area (Å²) in [7, 11) is 0. The lowest BCUT2D eigenvalue weighted by atomic mass is 9.73. The summed E-state index contributed by atoms with van der Waals surface area (Å²) in [5.74, 6) is 1.62. The first-order chi connectivity index (χ1) is 9.85. The Hall–Kier alpha value is -1.68. The molecule has 1 fully saturated rings. The standard InChI is InChI=1S/C16H21N3O/c1-2-6-14-18-15(20-19-14)16(9-11-17-12-10-16)13-7-4-3-5-8-13/h3-5,7-8,17H,2,6,9-12H2,1H3. The molecule has 4 heteroatoms. The van der Waals surface area contributed by atoms with Crippen LogP contribution in [-0.2, 0) is 11.8 Å². The molecular formula is C16H21N3O. The fourth-order valence-electron chi connectivity index (χ4n) is 3.01. The molecule has 0 unspecified atom stereocenters. The van der Waals surface area contributed by atoms with Gasteiger partial charge in [0.05, 0.1) is 5.41 Å². The van der Waals surface area contributed by atoms with E-state index in [9.17, 15) is 0 Å². The highest BCUT2D eigenvalue weighted by Gasteiger charge is 2.40. The van der Waals surface area contributed by atoms with E-state index in [0.29, 0.717) is 0 Å². The Labute approximate surface area is 119 Å².